The monoisotopic (exact) mass is 239 g/mol. The van der Waals surface area contributed by atoms with Crippen LogP contribution >= 0.6 is 0 Å². The predicted molar refractivity (Wildman–Crippen MR) is 63.6 cm³/mol. The molecule has 17 heavy (non-hydrogen) atoms. The summed E-state index contributed by atoms with van der Waals surface area (Å²) in [7, 11) is 0. The standard InChI is InChI=1S/C13H21NO3/c1-12(2,3)17-11(16)14-5-4-13(9-14)6-10(7-13)8-15/h8,10H,4-7,9H2,1-3H3. The topological polar surface area (TPSA) is 46.6 Å². The Morgan fingerprint density at radius 3 is 2.59 bits per heavy atom. The van der Waals surface area contributed by atoms with Crippen LogP contribution in [0.25, 0.3) is 0 Å². The summed E-state index contributed by atoms with van der Waals surface area (Å²) in [5.41, 5.74) is -0.222. The van der Waals surface area contributed by atoms with Gasteiger partial charge >= 0.3 is 6.09 Å². The summed E-state index contributed by atoms with van der Waals surface area (Å²) in [6, 6.07) is 0. The first kappa shape index (κ1) is 12.4. The van der Waals surface area contributed by atoms with E-state index in [2.05, 4.69) is 0 Å². The summed E-state index contributed by atoms with van der Waals surface area (Å²) in [5.74, 6) is 0.216. The number of amides is 1. The minimum atomic E-state index is -0.433. The second-order valence-corrected chi connectivity index (χ2v) is 6.46. The van der Waals surface area contributed by atoms with E-state index in [1.807, 2.05) is 20.8 Å². The summed E-state index contributed by atoms with van der Waals surface area (Å²) in [6.45, 7) is 7.15. The molecule has 1 aliphatic carbocycles. The largest absolute Gasteiger partial charge is 0.444 e. The van der Waals surface area contributed by atoms with E-state index >= 15 is 0 Å². The third-order valence-corrected chi connectivity index (χ3v) is 3.67. The fourth-order valence-electron chi connectivity index (χ4n) is 2.90. The summed E-state index contributed by atoms with van der Waals surface area (Å²) < 4.78 is 5.35. The van der Waals surface area contributed by atoms with Crippen LogP contribution in [0.5, 0.6) is 0 Å². The quantitative estimate of drug-likeness (QED) is 0.659. The molecule has 1 heterocycles. The highest BCUT2D eigenvalue weighted by molar-refractivity contribution is 5.69. The second-order valence-electron chi connectivity index (χ2n) is 6.46. The maximum absolute atomic E-state index is 11.9. The molecule has 0 aromatic carbocycles. The lowest BCUT2D eigenvalue weighted by Crippen LogP contribution is -2.42. The third kappa shape index (κ3) is 2.61. The molecule has 0 atom stereocenters. The Morgan fingerprint density at radius 1 is 1.41 bits per heavy atom. The molecule has 1 spiro atoms. The molecule has 96 valence electrons. The number of aldehydes is 1. The van der Waals surface area contributed by atoms with Crippen molar-refractivity contribution in [2.24, 2.45) is 11.3 Å². The Morgan fingerprint density at radius 2 is 2.06 bits per heavy atom. The van der Waals surface area contributed by atoms with Crippen LogP contribution in [0, 0.1) is 11.3 Å². The highest BCUT2D eigenvalue weighted by atomic mass is 16.6. The highest BCUT2D eigenvalue weighted by Crippen LogP contribution is 2.51. The molecular formula is C13H21NO3. The second kappa shape index (κ2) is 4.00. The van der Waals surface area contributed by atoms with Crippen molar-refractivity contribution in [1.29, 1.82) is 0 Å². The van der Waals surface area contributed by atoms with Crippen LogP contribution in [0.4, 0.5) is 4.79 Å². The summed E-state index contributed by atoms with van der Waals surface area (Å²) >= 11 is 0. The van der Waals surface area contributed by atoms with Crippen molar-refractivity contribution in [3.8, 4) is 0 Å². The van der Waals surface area contributed by atoms with Gasteiger partial charge in [-0.25, -0.2) is 4.79 Å². The number of ether oxygens (including phenoxy) is 1. The molecule has 2 aliphatic rings. The van der Waals surface area contributed by atoms with Crippen LogP contribution in [0.1, 0.15) is 40.0 Å². The minimum Gasteiger partial charge on any atom is -0.444 e. The first-order chi connectivity index (χ1) is 7.84. The van der Waals surface area contributed by atoms with E-state index in [4.69, 9.17) is 4.74 Å². The van der Waals surface area contributed by atoms with Gasteiger partial charge in [-0.3, -0.25) is 0 Å². The zero-order chi connectivity index (χ0) is 12.7. The maximum atomic E-state index is 11.9. The van der Waals surface area contributed by atoms with E-state index in [9.17, 15) is 9.59 Å². The van der Waals surface area contributed by atoms with Crippen LogP contribution in [0.2, 0.25) is 0 Å². The normalized spacial score (nSPS) is 32.4. The zero-order valence-corrected chi connectivity index (χ0v) is 10.9. The maximum Gasteiger partial charge on any atom is 0.410 e. The van der Waals surface area contributed by atoms with E-state index < -0.39 is 5.60 Å². The summed E-state index contributed by atoms with van der Waals surface area (Å²) in [6.07, 6.45) is 3.72. The van der Waals surface area contributed by atoms with Crippen LogP contribution in [-0.2, 0) is 9.53 Å². The smallest absolute Gasteiger partial charge is 0.410 e. The molecule has 0 unspecified atom stereocenters. The molecule has 0 aromatic heterocycles. The van der Waals surface area contributed by atoms with Crippen molar-refractivity contribution in [2.45, 2.75) is 45.6 Å². The molecule has 2 fully saturated rings. The van der Waals surface area contributed by atoms with Gasteiger partial charge in [-0.2, -0.15) is 0 Å². The molecule has 1 aliphatic heterocycles. The molecule has 1 saturated carbocycles. The Labute approximate surface area is 102 Å². The molecule has 0 aromatic rings. The lowest BCUT2D eigenvalue weighted by molar-refractivity contribution is -0.117. The van der Waals surface area contributed by atoms with Gasteiger partial charge < -0.3 is 14.4 Å². The number of rotatable bonds is 1. The molecule has 1 amide bonds. The average molecular weight is 239 g/mol. The Kier molecular flexibility index (Phi) is 2.92. The molecule has 1 saturated heterocycles. The van der Waals surface area contributed by atoms with Gasteiger partial charge in [-0.05, 0) is 45.4 Å². The fourth-order valence-corrected chi connectivity index (χ4v) is 2.90. The number of hydrogen-bond acceptors (Lipinski definition) is 3. The van der Waals surface area contributed by atoms with Crippen molar-refractivity contribution in [3.05, 3.63) is 0 Å². The van der Waals surface area contributed by atoms with Crippen molar-refractivity contribution < 1.29 is 14.3 Å². The average Bonchev–Trinajstić information content (AvgIpc) is 2.56. The number of nitrogens with zero attached hydrogens (tertiary/aromatic N) is 1. The molecule has 2 rings (SSSR count). The lowest BCUT2D eigenvalue weighted by atomic mass is 9.62. The van der Waals surface area contributed by atoms with Crippen LogP contribution in [-0.4, -0.2) is 36.0 Å². The van der Waals surface area contributed by atoms with E-state index in [-0.39, 0.29) is 17.4 Å². The first-order valence-corrected chi connectivity index (χ1v) is 6.27. The van der Waals surface area contributed by atoms with Crippen LogP contribution < -0.4 is 0 Å². The van der Waals surface area contributed by atoms with Crippen molar-refractivity contribution in [2.75, 3.05) is 13.1 Å². The van der Waals surface area contributed by atoms with Gasteiger partial charge in [-0.15, -0.1) is 0 Å². The third-order valence-electron chi connectivity index (χ3n) is 3.67. The van der Waals surface area contributed by atoms with Crippen molar-refractivity contribution in [3.63, 3.8) is 0 Å². The number of likely N-dealkylation sites (tertiary alicyclic amines) is 1. The fraction of sp³-hybridized carbons (Fsp3) is 0.846. The molecule has 4 heteroatoms. The van der Waals surface area contributed by atoms with Gasteiger partial charge in [-0.1, -0.05) is 0 Å². The lowest BCUT2D eigenvalue weighted by Gasteiger charge is -2.42. The highest BCUT2D eigenvalue weighted by Gasteiger charge is 2.49. The zero-order valence-electron chi connectivity index (χ0n) is 10.9. The predicted octanol–water partition coefficient (Wildman–Crippen LogP) is 2.22. The summed E-state index contributed by atoms with van der Waals surface area (Å²) in [5, 5.41) is 0. The Bertz CT molecular complexity index is 326. The molecule has 4 nitrogen and oxygen atoms in total. The van der Waals surface area contributed by atoms with Crippen molar-refractivity contribution >= 4 is 12.4 Å². The minimum absolute atomic E-state index is 0.211. The van der Waals surface area contributed by atoms with Gasteiger partial charge in [0.25, 0.3) is 0 Å². The molecule has 0 bridgehead atoms. The van der Waals surface area contributed by atoms with Crippen LogP contribution in [0.15, 0.2) is 0 Å². The number of hydrogen-bond donors (Lipinski definition) is 0. The molecule has 0 N–H and O–H groups in total. The number of carbonyl (C=O) groups excluding carboxylic acids is 2. The summed E-state index contributed by atoms with van der Waals surface area (Å²) in [4.78, 5) is 24.3. The first-order valence-electron chi connectivity index (χ1n) is 6.27. The van der Waals surface area contributed by atoms with E-state index in [0.29, 0.717) is 0 Å². The Hall–Kier alpha value is -1.06. The van der Waals surface area contributed by atoms with E-state index in [1.54, 1.807) is 4.90 Å². The van der Waals surface area contributed by atoms with Gasteiger partial charge in [0.1, 0.15) is 11.9 Å². The van der Waals surface area contributed by atoms with Gasteiger partial charge in [0.15, 0.2) is 0 Å². The SMILES string of the molecule is CC(C)(C)OC(=O)N1CCC2(CC(C=O)C2)C1. The van der Waals surface area contributed by atoms with E-state index in [0.717, 1.165) is 38.6 Å². The number of carbonyl (C=O) groups is 2. The van der Waals surface area contributed by atoms with Gasteiger partial charge in [0.05, 0.1) is 0 Å². The van der Waals surface area contributed by atoms with Crippen LogP contribution in [0.3, 0.4) is 0 Å². The van der Waals surface area contributed by atoms with Gasteiger partial charge in [0.2, 0.25) is 0 Å². The van der Waals surface area contributed by atoms with E-state index in [1.165, 1.54) is 0 Å². The van der Waals surface area contributed by atoms with Crippen molar-refractivity contribution in [1.82, 2.24) is 4.90 Å². The van der Waals surface area contributed by atoms with Gasteiger partial charge in [0, 0.05) is 19.0 Å². The molecular weight excluding hydrogens is 218 g/mol. The molecule has 0 radical (unpaired) electrons. The Balaban J connectivity index is 1.86.